The Bertz CT molecular complexity index is 670. The molecule has 0 saturated carbocycles. The molecule has 0 fully saturated rings. The highest BCUT2D eigenvalue weighted by Crippen LogP contribution is 2.14. The molecule has 0 amide bonds. The Balaban J connectivity index is 1.64. The standard InChI is InChI=1S/C16H19N5/c1-14-19-12-16(21(14)15-5-3-2-4-6-15)11-17-7-9-20-10-8-18-13-20/h2-6,8,10,12-13,17H,7,9,11H2,1H3. The molecule has 0 aliphatic carbocycles. The monoisotopic (exact) mass is 281 g/mol. The maximum Gasteiger partial charge on any atom is 0.110 e. The predicted octanol–water partition coefficient (Wildman–Crippen LogP) is 2.17. The average molecular weight is 281 g/mol. The van der Waals surface area contributed by atoms with Crippen LogP contribution < -0.4 is 5.32 Å². The number of hydrogen-bond acceptors (Lipinski definition) is 3. The molecule has 3 rings (SSSR count). The fourth-order valence-electron chi connectivity index (χ4n) is 2.39. The van der Waals surface area contributed by atoms with Gasteiger partial charge in [0.25, 0.3) is 0 Å². The summed E-state index contributed by atoms with van der Waals surface area (Å²) in [7, 11) is 0. The lowest BCUT2D eigenvalue weighted by Crippen LogP contribution is -2.20. The number of para-hydroxylation sites is 1. The van der Waals surface area contributed by atoms with Crippen molar-refractivity contribution < 1.29 is 0 Å². The van der Waals surface area contributed by atoms with Crippen LogP contribution in [-0.2, 0) is 13.1 Å². The SMILES string of the molecule is Cc1ncc(CNCCn2ccnc2)n1-c1ccccc1. The van der Waals surface area contributed by atoms with Crippen molar-refractivity contribution in [3.63, 3.8) is 0 Å². The van der Waals surface area contributed by atoms with Gasteiger partial charge in [0.15, 0.2) is 0 Å². The van der Waals surface area contributed by atoms with E-state index in [2.05, 4.69) is 36.6 Å². The van der Waals surface area contributed by atoms with Crippen LogP contribution in [0.25, 0.3) is 5.69 Å². The highest BCUT2D eigenvalue weighted by molar-refractivity contribution is 5.35. The first-order chi connectivity index (χ1) is 10.3. The minimum absolute atomic E-state index is 0.796. The molecular weight excluding hydrogens is 262 g/mol. The van der Waals surface area contributed by atoms with E-state index in [-0.39, 0.29) is 0 Å². The van der Waals surface area contributed by atoms with Crippen LogP contribution in [0.4, 0.5) is 0 Å². The molecule has 0 spiro atoms. The predicted molar refractivity (Wildman–Crippen MR) is 82.2 cm³/mol. The summed E-state index contributed by atoms with van der Waals surface area (Å²) in [5.74, 6) is 1.01. The summed E-state index contributed by atoms with van der Waals surface area (Å²) in [5.41, 5.74) is 2.32. The van der Waals surface area contributed by atoms with Crippen molar-refractivity contribution in [3.05, 3.63) is 66.8 Å². The Morgan fingerprint density at radius 1 is 1.19 bits per heavy atom. The summed E-state index contributed by atoms with van der Waals surface area (Å²) in [5, 5.41) is 3.45. The first-order valence-electron chi connectivity index (χ1n) is 7.10. The van der Waals surface area contributed by atoms with E-state index in [1.54, 1.807) is 6.20 Å². The Morgan fingerprint density at radius 2 is 2.05 bits per heavy atom. The summed E-state index contributed by atoms with van der Waals surface area (Å²) >= 11 is 0. The van der Waals surface area contributed by atoms with Gasteiger partial charge in [0.2, 0.25) is 0 Å². The summed E-state index contributed by atoms with van der Waals surface area (Å²) in [4.78, 5) is 8.47. The molecule has 0 saturated heterocycles. The molecule has 5 heteroatoms. The van der Waals surface area contributed by atoms with Gasteiger partial charge in [-0.1, -0.05) is 18.2 Å². The highest BCUT2D eigenvalue weighted by Gasteiger charge is 2.07. The van der Waals surface area contributed by atoms with Crippen LogP contribution in [0.1, 0.15) is 11.5 Å². The van der Waals surface area contributed by atoms with Gasteiger partial charge < -0.3 is 9.88 Å². The molecule has 0 aliphatic rings. The molecule has 5 nitrogen and oxygen atoms in total. The molecule has 0 aliphatic heterocycles. The maximum absolute atomic E-state index is 4.43. The van der Waals surface area contributed by atoms with Crippen molar-refractivity contribution in [2.45, 2.75) is 20.0 Å². The Labute approximate surface area is 124 Å². The second-order valence-corrected chi connectivity index (χ2v) is 4.94. The largest absolute Gasteiger partial charge is 0.336 e. The zero-order valence-electron chi connectivity index (χ0n) is 12.1. The first-order valence-corrected chi connectivity index (χ1v) is 7.10. The average Bonchev–Trinajstić information content (AvgIpc) is 3.14. The van der Waals surface area contributed by atoms with Gasteiger partial charge in [-0.15, -0.1) is 0 Å². The van der Waals surface area contributed by atoms with Gasteiger partial charge in [-0.05, 0) is 19.1 Å². The quantitative estimate of drug-likeness (QED) is 0.704. The third-order valence-electron chi connectivity index (χ3n) is 3.44. The summed E-state index contributed by atoms with van der Waals surface area (Å²) in [6.07, 6.45) is 7.54. The van der Waals surface area contributed by atoms with Gasteiger partial charge in [0.1, 0.15) is 5.82 Å². The smallest absolute Gasteiger partial charge is 0.110 e. The zero-order chi connectivity index (χ0) is 14.5. The van der Waals surface area contributed by atoms with Crippen molar-refractivity contribution in [2.24, 2.45) is 0 Å². The molecule has 0 bridgehead atoms. The summed E-state index contributed by atoms with van der Waals surface area (Å²) < 4.78 is 4.25. The van der Waals surface area contributed by atoms with Crippen molar-refractivity contribution in [1.29, 1.82) is 0 Å². The Hall–Kier alpha value is -2.40. The van der Waals surface area contributed by atoms with E-state index in [0.29, 0.717) is 0 Å². The third-order valence-corrected chi connectivity index (χ3v) is 3.44. The topological polar surface area (TPSA) is 47.7 Å². The normalized spacial score (nSPS) is 10.9. The van der Waals surface area contributed by atoms with Crippen molar-refractivity contribution >= 4 is 0 Å². The molecule has 0 atom stereocenters. The minimum atomic E-state index is 0.796. The number of aromatic nitrogens is 4. The van der Waals surface area contributed by atoms with E-state index >= 15 is 0 Å². The van der Waals surface area contributed by atoms with Crippen LogP contribution in [0.5, 0.6) is 0 Å². The van der Waals surface area contributed by atoms with Crippen molar-refractivity contribution in [2.75, 3.05) is 6.54 Å². The summed E-state index contributed by atoms with van der Waals surface area (Å²) in [6, 6.07) is 10.3. The first kappa shape index (κ1) is 13.6. The van der Waals surface area contributed by atoms with Crippen LogP contribution in [0.15, 0.2) is 55.2 Å². The lowest BCUT2D eigenvalue weighted by molar-refractivity contribution is 0.588. The van der Waals surface area contributed by atoms with E-state index in [1.165, 1.54) is 5.69 Å². The van der Waals surface area contributed by atoms with E-state index in [1.807, 2.05) is 43.8 Å². The van der Waals surface area contributed by atoms with Gasteiger partial charge in [-0.2, -0.15) is 0 Å². The molecule has 0 unspecified atom stereocenters. The van der Waals surface area contributed by atoms with Gasteiger partial charge in [0.05, 0.1) is 18.2 Å². The fourth-order valence-corrected chi connectivity index (χ4v) is 2.39. The summed E-state index contributed by atoms with van der Waals surface area (Å²) in [6.45, 7) is 4.64. The van der Waals surface area contributed by atoms with Crippen LogP contribution in [0, 0.1) is 6.92 Å². The maximum atomic E-state index is 4.43. The van der Waals surface area contributed by atoms with E-state index < -0.39 is 0 Å². The molecule has 2 heterocycles. The molecule has 1 N–H and O–H groups in total. The highest BCUT2D eigenvalue weighted by atomic mass is 15.1. The number of rotatable bonds is 6. The van der Waals surface area contributed by atoms with E-state index in [4.69, 9.17) is 0 Å². The lowest BCUT2D eigenvalue weighted by Gasteiger charge is -2.11. The molecule has 1 aromatic carbocycles. The molecule has 108 valence electrons. The number of nitrogens with one attached hydrogen (secondary N) is 1. The number of aryl methyl sites for hydroxylation is 1. The van der Waals surface area contributed by atoms with Crippen molar-refractivity contribution in [3.8, 4) is 5.69 Å². The van der Waals surface area contributed by atoms with E-state index in [9.17, 15) is 0 Å². The van der Waals surface area contributed by atoms with Crippen LogP contribution >= 0.6 is 0 Å². The molecule has 3 aromatic rings. The van der Waals surface area contributed by atoms with Gasteiger partial charge in [-0.3, -0.25) is 4.57 Å². The number of imidazole rings is 2. The zero-order valence-corrected chi connectivity index (χ0v) is 12.1. The lowest BCUT2D eigenvalue weighted by atomic mass is 10.3. The van der Waals surface area contributed by atoms with Crippen LogP contribution in [0.2, 0.25) is 0 Å². The fraction of sp³-hybridized carbons (Fsp3) is 0.250. The van der Waals surface area contributed by atoms with Gasteiger partial charge >= 0.3 is 0 Å². The van der Waals surface area contributed by atoms with Gasteiger partial charge in [0, 0.05) is 37.7 Å². The van der Waals surface area contributed by atoms with E-state index in [0.717, 1.165) is 31.1 Å². The van der Waals surface area contributed by atoms with Crippen molar-refractivity contribution in [1.82, 2.24) is 24.4 Å². The van der Waals surface area contributed by atoms with Gasteiger partial charge in [-0.25, -0.2) is 9.97 Å². The molecule has 0 radical (unpaired) electrons. The molecule has 2 aromatic heterocycles. The minimum Gasteiger partial charge on any atom is -0.336 e. The molecule has 21 heavy (non-hydrogen) atoms. The Morgan fingerprint density at radius 3 is 2.81 bits per heavy atom. The number of nitrogens with zero attached hydrogens (tertiary/aromatic N) is 4. The third kappa shape index (κ3) is 3.20. The second-order valence-electron chi connectivity index (χ2n) is 4.94. The number of hydrogen-bond donors (Lipinski definition) is 1. The molecular formula is C16H19N5. The Kier molecular flexibility index (Phi) is 4.12. The number of benzene rings is 1. The van der Waals surface area contributed by atoms with Crippen LogP contribution in [-0.4, -0.2) is 25.6 Å². The van der Waals surface area contributed by atoms with Crippen LogP contribution in [0.3, 0.4) is 0 Å². The second kappa shape index (κ2) is 6.37.